The van der Waals surface area contributed by atoms with Gasteiger partial charge in [-0.05, 0) is 5.56 Å². The first kappa shape index (κ1) is 16.8. The fourth-order valence-corrected chi connectivity index (χ4v) is 2.68. The fraction of sp³-hybridized carbons (Fsp3) is 0.294. The predicted molar refractivity (Wildman–Crippen MR) is 93.3 cm³/mol. The Labute approximate surface area is 143 Å². The van der Waals surface area contributed by atoms with Gasteiger partial charge in [0.1, 0.15) is 0 Å². The second-order valence-electron chi connectivity index (χ2n) is 5.76. The summed E-state index contributed by atoms with van der Waals surface area (Å²) in [5.41, 5.74) is -0.616. The Bertz CT molecular complexity index is 864. The van der Waals surface area contributed by atoms with Crippen molar-refractivity contribution < 1.29 is 4.79 Å². The molecule has 1 fully saturated rings. The molecule has 0 bridgehead atoms. The Kier molecular flexibility index (Phi) is 5.20. The zero-order valence-corrected chi connectivity index (χ0v) is 13.6. The first-order chi connectivity index (χ1) is 12.1. The molecule has 1 amide bonds. The maximum absolute atomic E-state index is 12.3. The molecular formula is C17H19N5O3. The molecule has 1 aliphatic rings. The molecule has 2 aromatic rings. The predicted octanol–water partition coefficient (Wildman–Crippen LogP) is -0.0706. The standard InChI is InChI=1S/C17H19N5O3/c23-15-14(19-20-17(25)18-15)16(24)22-11-9-21(10-12-22)8-4-7-13-5-2-1-3-6-13/h1-7H,8-12H2,(H2,18,20,23,25)/b7-4+. The molecule has 2 N–H and O–H groups in total. The summed E-state index contributed by atoms with van der Waals surface area (Å²) >= 11 is 0. The number of amides is 1. The van der Waals surface area contributed by atoms with E-state index in [1.165, 1.54) is 0 Å². The molecule has 0 saturated carbocycles. The normalized spacial score (nSPS) is 15.6. The Balaban J connectivity index is 1.53. The van der Waals surface area contributed by atoms with Crippen molar-refractivity contribution in [1.82, 2.24) is 25.0 Å². The van der Waals surface area contributed by atoms with Crippen LogP contribution in [0.1, 0.15) is 16.1 Å². The van der Waals surface area contributed by atoms with Gasteiger partial charge in [0.15, 0.2) is 0 Å². The first-order valence-corrected chi connectivity index (χ1v) is 8.06. The highest BCUT2D eigenvalue weighted by atomic mass is 16.2. The quantitative estimate of drug-likeness (QED) is 0.810. The van der Waals surface area contributed by atoms with Crippen molar-refractivity contribution in [2.75, 3.05) is 32.7 Å². The van der Waals surface area contributed by atoms with Gasteiger partial charge in [-0.1, -0.05) is 42.5 Å². The maximum Gasteiger partial charge on any atom is 0.342 e. The van der Waals surface area contributed by atoms with Crippen LogP contribution >= 0.6 is 0 Å². The fourth-order valence-electron chi connectivity index (χ4n) is 2.68. The number of hydrogen-bond donors (Lipinski definition) is 2. The number of benzene rings is 1. The van der Waals surface area contributed by atoms with Gasteiger partial charge in [0.05, 0.1) is 0 Å². The Morgan fingerprint density at radius 1 is 1.12 bits per heavy atom. The Hall–Kier alpha value is -3.00. The number of carbonyl (C=O) groups is 1. The summed E-state index contributed by atoms with van der Waals surface area (Å²) in [5, 5.41) is 5.64. The second-order valence-corrected chi connectivity index (χ2v) is 5.76. The SMILES string of the molecule is O=C(c1n[nH]c(=O)[nH]c1=O)N1CCN(C/C=C/c2ccccc2)CC1. The third-order valence-corrected chi connectivity index (χ3v) is 4.05. The number of aromatic nitrogens is 3. The lowest BCUT2D eigenvalue weighted by atomic mass is 10.2. The molecule has 2 heterocycles. The molecule has 8 nitrogen and oxygen atoms in total. The van der Waals surface area contributed by atoms with E-state index < -0.39 is 17.2 Å². The van der Waals surface area contributed by atoms with E-state index in [1.807, 2.05) is 35.3 Å². The van der Waals surface area contributed by atoms with E-state index in [1.54, 1.807) is 4.90 Å². The van der Waals surface area contributed by atoms with Gasteiger partial charge in [0, 0.05) is 32.7 Å². The van der Waals surface area contributed by atoms with E-state index in [0.29, 0.717) is 26.2 Å². The van der Waals surface area contributed by atoms with Crippen LogP contribution in [-0.4, -0.2) is 63.6 Å². The van der Waals surface area contributed by atoms with Crippen LogP contribution in [0.5, 0.6) is 0 Å². The minimum absolute atomic E-state index is 0.281. The van der Waals surface area contributed by atoms with Gasteiger partial charge in [-0.15, -0.1) is 0 Å². The van der Waals surface area contributed by atoms with E-state index >= 15 is 0 Å². The van der Waals surface area contributed by atoms with Gasteiger partial charge in [0.25, 0.3) is 11.5 Å². The van der Waals surface area contributed by atoms with E-state index in [0.717, 1.165) is 12.1 Å². The molecule has 1 aromatic heterocycles. The van der Waals surface area contributed by atoms with Crippen LogP contribution in [0.2, 0.25) is 0 Å². The number of carbonyl (C=O) groups excluding carboxylic acids is 1. The van der Waals surface area contributed by atoms with Crippen LogP contribution in [0, 0.1) is 0 Å². The van der Waals surface area contributed by atoms with Crippen LogP contribution in [0.3, 0.4) is 0 Å². The van der Waals surface area contributed by atoms with Gasteiger partial charge in [-0.25, -0.2) is 9.89 Å². The van der Waals surface area contributed by atoms with Gasteiger partial charge in [0.2, 0.25) is 5.69 Å². The van der Waals surface area contributed by atoms with E-state index in [-0.39, 0.29) is 5.69 Å². The summed E-state index contributed by atoms with van der Waals surface area (Å²) in [7, 11) is 0. The van der Waals surface area contributed by atoms with Crippen molar-refractivity contribution in [3.05, 3.63) is 68.5 Å². The largest absolute Gasteiger partial charge is 0.342 e. The van der Waals surface area contributed by atoms with Crippen molar-refractivity contribution in [2.24, 2.45) is 0 Å². The molecule has 3 rings (SSSR count). The van der Waals surface area contributed by atoms with Crippen molar-refractivity contribution in [1.29, 1.82) is 0 Å². The lowest BCUT2D eigenvalue weighted by Crippen LogP contribution is -2.50. The third-order valence-electron chi connectivity index (χ3n) is 4.05. The summed E-state index contributed by atoms with van der Waals surface area (Å²) in [6.07, 6.45) is 4.17. The smallest absolute Gasteiger partial charge is 0.335 e. The van der Waals surface area contributed by atoms with Crippen LogP contribution in [0.4, 0.5) is 0 Å². The lowest BCUT2D eigenvalue weighted by molar-refractivity contribution is 0.0641. The average molecular weight is 341 g/mol. The summed E-state index contributed by atoms with van der Waals surface area (Å²) in [6, 6.07) is 10.1. The van der Waals surface area contributed by atoms with Crippen LogP contribution in [0.15, 0.2) is 46.0 Å². The van der Waals surface area contributed by atoms with Gasteiger partial charge in [-0.3, -0.25) is 19.5 Å². The van der Waals surface area contributed by atoms with E-state index in [9.17, 15) is 14.4 Å². The van der Waals surface area contributed by atoms with Crippen molar-refractivity contribution in [2.45, 2.75) is 0 Å². The summed E-state index contributed by atoms with van der Waals surface area (Å²) < 4.78 is 0. The summed E-state index contributed by atoms with van der Waals surface area (Å²) in [6.45, 7) is 3.25. The number of hydrogen-bond acceptors (Lipinski definition) is 5. The highest BCUT2D eigenvalue weighted by Crippen LogP contribution is 2.06. The number of nitrogens with zero attached hydrogens (tertiary/aromatic N) is 3. The van der Waals surface area contributed by atoms with E-state index in [2.05, 4.69) is 27.2 Å². The molecule has 0 aliphatic carbocycles. The number of aromatic amines is 2. The lowest BCUT2D eigenvalue weighted by Gasteiger charge is -2.33. The van der Waals surface area contributed by atoms with Crippen molar-refractivity contribution in [3.8, 4) is 0 Å². The molecule has 0 radical (unpaired) electrons. The molecule has 25 heavy (non-hydrogen) atoms. The van der Waals surface area contributed by atoms with Crippen molar-refractivity contribution >= 4 is 12.0 Å². The zero-order valence-electron chi connectivity index (χ0n) is 13.6. The van der Waals surface area contributed by atoms with Crippen molar-refractivity contribution in [3.63, 3.8) is 0 Å². The minimum atomic E-state index is -0.762. The number of rotatable bonds is 4. The highest BCUT2D eigenvalue weighted by Gasteiger charge is 2.24. The maximum atomic E-state index is 12.3. The molecule has 130 valence electrons. The number of piperazine rings is 1. The topological polar surface area (TPSA) is 102 Å². The van der Waals surface area contributed by atoms with Crippen LogP contribution in [-0.2, 0) is 0 Å². The Morgan fingerprint density at radius 2 is 1.84 bits per heavy atom. The first-order valence-electron chi connectivity index (χ1n) is 8.06. The molecule has 0 unspecified atom stereocenters. The monoisotopic (exact) mass is 341 g/mol. The van der Waals surface area contributed by atoms with Gasteiger partial charge < -0.3 is 4.90 Å². The molecule has 0 spiro atoms. The van der Waals surface area contributed by atoms with Crippen LogP contribution < -0.4 is 11.2 Å². The molecular weight excluding hydrogens is 322 g/mol. The molecule has 1 aliphatic heterocycles. The second kappa shape index (κ2) is 7.71. The summed E-state index contributed by atoms with van der Waals surface area (Å²) in [5.74, 6) is -0.461. The Morgan fingerprint density at radius 3 is 2.52 bits per heavy atom. The molecule has 1 saturated heterocycles. The number of nitrogens with one attached hydrogen (secondary N) is 2. The average Bonchev–Trinajstić information content (AvgIpc) is 2.63. The van der Waals surface area contributed by atoms with Gasteiger partial charge >= 0.3 is 5.69 Å². The third kappa shape index (κ3) is 4.30. The molecule has 8 heteroatoms. The van der Waals surface area contributed by atoms with E-state index in [4.69, 9.17) is 0 Å². The van der Waals surface area contributed by atoms with Gasteiger partial charge in [-0.2, -0.15) is 5.10 Å². The highest BCUT2D eigenvalue weighted by molar-refractivity contribution is 5.91. The number of H-pyrrole nitrogens is 2. The zero-order chi connectivity index (χ0) is 17.6. The molecule has 0 atom stereocenters. The molecule has 1 aromatic carbocycles. The van der Waals surface area contributed by atoms with Crippen LogP contribution in [0.25, 0.3) is 6.08 Å². The summed E-state index contributed by atoms with van der Waals surface area (Å²) in [4.78, 5) is 40.8. The minimum Gasteiger partial charge on any atom is -0.335 e.